The second-order valence-electron chi connectivity index (χ2n) is 4.65. The van der Waals surface area contributed by atoms with E-state index < -0.39 is 15.6 Å². The molecular formula is C14H13ClN2O5S. The lowest BCUT2D eigenvalue weighted by Crippen LogP contribution is -2.22. The maximum Gasteiger partial charge on any atom is 0.348 e. The summed E-state index contributed by atoms with van der Waals surface area (Å²) in [5, 5.41) is 13.8. The van der Waals surface area contributed by atoms with Gasteiger partial charge in [0.05, 0.1) is 10.6 Å². The molecule has 23 heavy (non-hydrogen) atoms. The fraction of sp³-hybridized carbons (Fsp3) is 0.143. The molecule has 0 aliphatic carbocycles. The summed E-state index contributed by atoms with van der Waals surface area (Å²) in [7, 11) is -3.92. The van der Waals surface area contributed by atoms with E-state index in [1.807, 2.05) is 4.83 Å². The number of aromatic hydroxyl groups is 1. The van der Waals surface area contributed by atoms with Gasteiger partial charge in [-0.05, 0) is 38.1 Å². The standard InChI is InChI=1S/C14H13ClN2O5S/c1-8-7-12(18)13(14(19)22-8)9(2)16-17-23(20,21)11-5-3-10(15)4-6-11/h3-7,17-18H,1-2H3/b16-9+. The molecule has 0 amide bonds. The Morgan fingerprint density at radius 1 is 1.30 bits per heavy atom. The van der Waals surface area contributed by atoms with Crippen LogP contribution in [0.1, 0.15) is 18.2 Å². The van der Waals surface area contributed by atoms with Gasteiger partial charge in [-0.25, -0.2) is 4.79 Å². The molecule has 122 valence electrons. The van der Waals surface area contributed by atoms with Gasteiger partial charge in [0.15, 0.2) is 0 Å². The SMILES string of the molecule is C/C(=N\NS(=O)(=O)c1ccc(Cl)cc1)c1c(O)cc(C)oc1=O. The first-order chi connectivity index (χ1) is 10.7. The van der Waals surface area contributed by atoms with E-state index in [9.17, 15) is 18.3 Å². The van der Waals surface area contributed by atoms with Crippen molar-refractivity contribution in [3.05, 3.63) is 57.1 Å². The number of hydrazone groups is 1. The molecule has 0 saturated carbocycles. The quantitative estimate of drug-likeness (QED) is 0.643. The van der Waals surface area contributed by atoms with Gasteiger partial charge in [-0.2, -0.15) is 18.4 Å². The van der Waals surface area contributed by atoms with E-state index in [2.05, 4.69) is 5.10 Å². The highest BCUT2D eigenvalue weighted by Crippen LogP contribution is 2.16. The molecule has 9 heteroatoms. The van der Waals surface area contributed by atoms with Crippen molar-refractivity contribution in [2.45, 2.75) is 18.7 Å². The third-order valence-corrected chi connectivity index (χ3v) is 4.35. The van der Waals surface area contributed by atoms with Gasteiger partial charge in [0.1, 0.15) is 17.1 Å². The van der Waals surface area contributed by atoms with Crippen LogP contribution in [-0.4, -0.2) is 19.2 Å². The van der Waals surface area contributed by atoms with Crippen molar-refractivity contribution in [1.29, 1.82) is 0 Å². The smallest absolute Gasteiger partial charge is 0.348 e. The van der Waals surface area contributed by atoms with E-state index in [-0.39, 0.29) is 27.7 Å². The summed E-state index contributed by atoms with van der Waals surface area (Å²) in [5.74, 6) is -0.114. The van der Waals surface area contributed by atoms with Gasteiger partial charge < -0.3 is 9.52 Å². The van der Waals surface area contributed by atoms with Crippen molar-refractivity contribution in [3.8, 4) is 5.75 Å². The van der Waals surface area contributed by atoms with Gasteiger partial charge in [-0.15, -0.1) is 0 Å². The van der Waals surface area contributed by atoms with Crippen molar-refractivity contribution >= 4 is 27.3 Å². The molecular weight excluding hydrogens is 344 g/mol. The lowest BCUT2D eigenvalue weighted by Gasteiger charge is -2.06. The molecule has 0 aliphatic rings. The van der Waals surface area contributed by atoms with E-state index in [1.165, 1.54) is 44.2 Å². The molecule has 7 nitrogen and oxygen atoms in total. The minimum Gasteiger partial charge on any atom is -0.507 e. The summed E-state index contributed by atoms with van der Waals surface area (Å²) in [5.41, 5.74) is -1.06. The topological polar surface area (TPSA) is 109 Å². The van der Waals surface area contributed by atoms with Crippen LogP contribution in [0.2, 0.25) is 5.02 Å². The van der Waals surface area contributed by atoms with Crippen LogP contribution in [0.3, 0.4) is 0 Å². The molecule has 1 aromatic heterocycles. The zero-order chi connectivity index (χ0) is 17.2. The van der Waals surface area contributed by atoms with Crippen LogP contribution >= 0.6 is 11.6 Å². The molecule has 0 atom stereocenters. The first kappa shape index (κ1) is 17.0. The van der Waals surface area contributed by atoms with Crippen LogP contribution in [0.15, 0.2) is 49.5 Å². The molecule has 0 bridgehead atoms. The Morgan fingerprint density at radius 2 is 1.91 bits per heavy atom. The molecule has 0 unspecified atom stereocenters. The monoisotopic (exact) mass is 356 g/mol. The normalized spacial score (nSPS) is 12.2. The number of halogens is 1. The number of nitrogens with zero attached hydrogens (tertiary/aromatic N) is 1. The van der Waals surface area contributed by atoms with Crippen molar-refractivity contribution in [3.63, 3.8) is 0 Å². The van der Waals surface area contributed by atoms with E-state index in [0.717, 1.165) is 0 Å². The molecule has 0 saturated heterocycles. The molecule has 0 fully saturated rings. The second kappa shape index (κ2) is 6.43. The van der Waals surface area contributed by atoms with Gasteiger partial charge >= 0.3 is 5.63 Å². The first-order valence-electron chi connectivity index (χ1n) is 6.36. The summed E-state index contributed by atoms with van der Waals surface area (Å²) in [6.07, 6.45) is 0. The lowest BCUT2D eigenvalue weighted by atomic mass is 10.2. The van der Waals surface area contributed by atoms with Crippen LogP contribution in [-0.2, 0) is 10.0 Å². The molecule has 0 aliphatic heterocycles. The maximum atomic E-state index is 12.1. The molecule has 2 rings (SSSR count). The summed E-state index contributed by atoms with van der Waals surface area (Å²) in [6, 6.07) is 6.71. The van der Waals surface area contributed by atoms with Crippen LogP contribution in [0.25, 0.3) is 0 Å². The highest BCUT2D eigenvalue weighted by Gasteiger charge is 2.16. The zero-order valence-electron chi connectivity index (χ0n) is 12.2. The number of hydrogen-bond donors (Lipinski definition) is 2. The van der Waals surface area contributed by atoms with Crippen LogP contribution in [0.4, 0.5) is 0 Å². The molecule has 1 heterocycles. The summed E-state index contributed by atoms with van der Waals surface area (Å²) in [4.78, 5) is 13.7. The Kier molecular flexibility index (Phi) is 4.76. The van der Waals surface area contributed by atoms with E-state index >= 15 is 0 Å². The van der Waals surface area contributed by atoms with Crippen molar-refractivity contribution in [2.75, 3.05) is 0 Å². The lowest BCUT2D eigenvalue weighted by molar-refractivity contribution is 0.432. The Hall–Kier alpha value is -2.32. The molecule has 1 aromatic carbocycles. The number of sulfonamides is 1. The number of nitrogens with one attached hydrogen (secondary N) is 1. The Labute approximate surface area is 137 Å². The second-order valence-corrected chi connectivity index (χ2v) is 6.75. The van der Waals surface area contributed by atoms with Gasteiger partial charge in [-0.1, -0.05) is 11.6 Å². The average molecular weight is 357 g/mol. The largest absolute Gasteiger partial charge is 0.507 e. The molecule has 2 aromatic rings. The van der Waals surface area contributed by atoms with Crippen molar-refractivity contribution < 1.29 is 17.9 Å². The predicted molar refractivity (Wildman–Crippen MR) is 85.4 cm³/mol. The highest BCUT2D eigenvalue weighted by molar-refractivity contribution is 7.89. The molecule has 2 N–H and O–H groups in total. The summed E-state index contributed by atoms with van der Waals surface area (Å²) < 4.78 is 29.0. The molecule has 0 radical (unpaired) electrons. The minimum atomic E-state index is -3.92. The number of hydrogen-bond acceptors (Lipinski definition) is 6. The van der Waals surface area contributed by atoms with Gasteiger partial charge in [0.25, 0.3) is 10.0 Å². The number of benzene rings is 1. The van der Waals surface area contributed by atoms with Gasteiger partial charge in [-0.3, -0.25) is 0 Å². The highest BCUT2D eigenvalue weighted by atomic mass is 35.5. The average Bonchev–Trinajstić information content (AvgIpc) is 2.44. The van der Waals surface area contributed by atoms with E-state index in [4.69, 9.17) is 16.0 Å². The van der Waals surface area contributed by atoms with Gasteiger partial charge in [0.2, 0.25) is 0 Å². The fourth-order valence-electron chi connectivity index (χ4n) is 1.78. The van der Waals surface area contributed by atoms with Crippen molar-refractivity contribution in [1.82, 2.24) is 4.83 Å². The van der Waals surface area contributed by atoms with Gasteiger partial charge in [0, 0.05) is 11.1 Å². The van der Waals surface area contributed by atoms with Crippen LogP contribution in [0.5, 0.6) is 5.75 Å². The third kappa shape index (κ3) is 3.91. The van der Waals surface area contributed by atoms with E-state index in [0.29, 0.717) is 5.02 Å². The summed E-state index contributed by atoms with van der Waals surface area (Å²) >= 11 is 5.70. The third-order valence-electron chi connectivity index (χ3n) is 2.87. The number of aryl methyl sites for hydroxylation is 1. The van der Waals surface area contributed by atoms with Crippen molar-refractivity contribution in [2.24, 2.45) is 5.10 Å². The Morgan fingerprint density at radius 3 is 2.48 bits per heavy atom. The summed E-state index contributed by atoms with van der Waals surface area (Å²) in [6.45, 7) is 2.87. The zero-order valence-corrected chi connectivity index (χ0v) is 13.8. The number of rotatable bonds is 4. The Bertz CT molecular complexity index is 917. The predicted octanol–water partition coefficient (Wildman–Crippen LogP) is 2.01. The maximum absolute atomic E-state index is 12.1. The van der Waals surface area contributed by atoms with Crippen LogP contribution < -0.4 is 10.5 Å². The molecule has 0 spiro atoms. The van der Waals surface area contributed by atoms with Crippen LogP contribution in [0, 0.1) is 6.92 Å². The Balaban J connectivity index is 2.33. The van der Waals surface area contributed by atoms with E-state index in [1.54, 1.807) is 0 Å². The minimum absolute atomic E-state index is 0.0335. The first-order valence-corrected chi connectivity index (χ1v) is 8.22. The fourth-order valence-corrected chi connectivity index (χ4v) is 2.76.